The molecule has 0 aliphatic carbocycles. The summed E-state index contributed by atoms with van der Waals surface area (Å²) in [7, 11) is 0. The highest BCUT2D eigenvalue weighted by Gasteiger charge is 2.45. The molecular weight excluding hydrogens is 378 g/mol. The molecule has 4 rings (SSSR count). The Morgan fingerprint density at radius 2 is 1.89 bits per heavy atom. The number of ether oxygens (including phenoxy) is 1. The highest BCUT2D eigenvalue weighted by Crippen LogP contribution is 2.43. The minimum absolute atomic E-state index is 0.268. The molecule has 7 heteroatoms. The molecule has 1 aromatic heterocycles. The molecule has 2 atom stereocenters. The van der Waals surface area contributed by atoms with E-state index in [-0.39, 0.29) is 5.56 Å². The van der Waals surface area contributed by atoms with Crippen LogP contribution in [-0.4, -0.2) is 26.2 Å². The largest absolute Gasteiger partial charge is 0.485 e. The van der Waals surface area contributed by atoms with E-state index in [1.807, 2.05) is 0 Å². The van der Waals surface area contributed by atoms with Gasteiger partial charge in [-0.25, -0.2) is 9.53 Å². The van der Waals surface area contributed by atoms with E-state index in [2.05, 4.69) is 4.85 Å². The van der Waals surface area contributed by atoms with Gasteiger partial charge in [0, 0.05) is 22.8 Å². The number of benzene rings is 2. The average molecular weight is 396 g/mol. The van der Waals surface area contributed by atoms with Crippen LogP contribution in [0, 0.1) is 6.57 Å². The van der Waals surface area contributed by atoms with Gasteiger partial charge in [-0.2, -0.15) is 0 Å². The normalized spacial score (nSPS) is 20.1. The Hall–Kier alpha value is -3.01. The Morgan fingerprint density at radius 3 is 2.57 bits per heavy atom. The highest BCUT2D eigenvalue weighted by atomic mass is 35.5. The molecule has 1 aliphatic rings. The third-order valence-corrected chi connectivity index (χ3v) is 5.25. The average Bonchev–Trinajstić information content (AvgIpc) is 3.04. The summed E-state index contributed by atoms with van der Waals surface area (Å²) in [5.74, 6) is 0.545. The lowest BCUT2D eigenvalue weighted by Crippen LogP contribution is -2.52. The van der Waals surface area contributed by atoms with Gasteiger partial charge in [0.1, 0.15) is 23.5 Å². The lowest BCUT2D eigenvalue weighted by Gasteiger charge is -2.42. The number of nitrogens with zero attached hydrogens (tertiary/aromatic N) is 3. The van der Waals surface area contributed by atoms with Crippen LogP contribution in [0.1, 0.15) is 25.5 Å². The third-order valence-electron chi connectivity index (χ3n) is 5.00. The summed E-state index contributed by atoms with van der Waals surface area (Å²) in [5.41, 5.74) is 0.543. The van der Waals surface area contributed by atoms with Crippen LogP contribution in [0.2, 0.25) is 5.02 Å². The van der Waals surface area contributed by atoms with Gasteiger partial charge in [-0.15, -0.1) is 0 Å². The molecule has 2 aromatic carbocycles. The van der Waals surface area contributed by atoms with Crippen LogP contribution in [0.15, 0.2) is 59.5 Å². The first-order valence-electron chi connectivity index (χ1n) is 8.76. The van der Waals surface area contributed by atoms with Gasteiger partial charge in [0.15, 0.2) is 5.69 Å². The molecule has 0 fully saturated rings. The van der Waals surface area contributed by atoms with E-state index in [4.69, 9.17) is 22.9 Å². The van der Waals surface area contributed by atoms with Gasteiger partial charge >= 0.3 is 0 Å². The molecule has 0 saturated carbocycles. The van der Waals surface area contributed by atoms with Crippen molar-refractivity contribution in [3.8, 4) is 11.4 Å². The Kier molecular flexibility index (Phi) is 4.30. The molecule has 6 nitrogen and oxygen atoms in total. The van der Waals surface area contributed by atoms with Gasteiger partial charge in [0.25, 0.3) is 5.56 Å². The fraction of sp³-hybridized carbons (Fsp3) is 0.238. The molecule has 0 saturated heterocycles. The Balaban J connectivity index is 1.97. The van der Waals surface area contributed by atoms with E-state index in [1.165, 1.54) is 10.7 Å². The minimum atomic E-state index is -1.01. The number of rotatable bonds is 2. The standard InChI is InChI=1S/C21H18ClN3O3/c1-21(2)20(27)19(16-12-14(23-3)6-9-17(16)28-21)25-18(26)10-11-24(25)15-7-4-13(22)5-8-15/h4-12,19-20,27H,1-2H3/t19-,20+/m1/s1. The number of fused-ring (bicyclic) bond motifs is 1. The zero-order valence-corrected chi connectivity index (χ0v) is 16.1. The van der Waals surface area contributed by atoms with Crippen LogP contribution in [0.4, 0.5) is 5.69 Å². The van der Waals surface area contributed by atoms with Crippen LogP contribution in [0.25, 0.3) is 10.5 Å². The summed E-state index contributed by atoms with van der Waals surface area (Å²) >= 11 is 5.99. The lowest BCUT2D eigenvalue weighted by atomic mass is 9.86. The molecular formula is C21H18ClN3O3. The molecule has 0 amide bonds. The van der Waals surface area contributed by atoms with Crippen molar-refractivity contribution in [2.45, 2.75) is 31.6 Å². The molecule has 0 bridgehead atoms. The molecule has 0 unspecified atom stereocenters. The predicted octanol–water partition coefficient (Wildman–Crippen LogP) is 3.96. The quantitative estimate of drug-likeness (QED) is 0.668. The smallest absolute Gasteiger partial charge is 0.267 e. The Bertz CT molecular complexity index is 1140. The highest BCUT2D eigenvalue weighted by molar-refractivity contribution is 6.30. The fourth-order valence-corrected chi connectivity index (χ4v) is 3.68. The number of halogens is 1. The van der Waals surface area contributed by atoms with Gasteiger partial charge in [0.05, 0.1) is 12.3 Å². The topological polar surface area (TPSA) is 60.8 Å². The fourth-order valence-electron chi connectivity index (χ4n) is 3.55. The molecule has 28 heavy (non-hydrogen) atoms. The zero-order chi connectivity index (χ0) is 20.1. The third kappa shape index (κ3) is 2.89. The second kappa shape index (κ2) is 6.55. The van der Waals surface area contributed by atoms with Crippen LogP contribution < -0.4 is 10.3 Å². The Morgan fingerprint density at radius 1 is 1.18 bits per heavy atom. The van der Waals surface area contributed by atoms with Crippen molar-refractivity contribution in [2.24, 2.45) is 0 Å². The van der Waals surface area contributed by atoms with Crippen LogP contribution in [0.5, 0.6) is 5.75 Å². The number of aliphatic hydroxyl groups excluding tert-OH is 1. The molecule has 0 radical (unpaired) electrons. The minimum Gasteiger partial charge on any atom is -0.485 e. The molecule has 1 aliphatic heterocycles. The van der Waals surface area contributed by atoms with E-state index in [1.54, 1.807) is 67.2 Å². The van der Waals surface area contributed by atoms with Crippen molar-refractivity contribution in [2.75, 3.05) is 0 Å². The van der Waals surface area contributed by atoms with Crippen molar-refractivity contribution in [1.29, 1.82) is 0 Å². The number of aliphatic hydroxyl groups is 1. The molecule has 0 spiro atoms. The molecule has 1 N–H and O–H groups in total. The molecule has 2 heterocycles. The van der Waals surface area contributed by atoms with E-state index < -0.39 is 17.7 Å². The van der Waals surface area contributed by atoms with E-state index in [0.717, 1.165) is 5.69 Å². The first kappa shape index (κ1) is 18.4. The maximum Gasteiger partial charge on any atom is 0.267 e. The predicted molar refractivity (Wildman–Crippen MR) is 107 cm³/mol. The number of hydrogen-bond acceptors (Lipinski definition) is 3. The van der Waals surface area contributed by atoms with Gasteiger partial charge in [-0.05, 0) is 50.2 Å². The second-order valence-electron chi connectivity index (χ2n) is 7.25. The first-order valence-corrected chi connectivity index (χ1v) is 9.14. The van der Waals surface area contributed by atoms with Gasteiger partial charge in [-0.1, -0.05) is 17.7 Å². The molecule has 142 valence electrons. The molecule has 3 aromatic rings. The van der Waals surface area contributed by atoms with E-state index in [9.17, 15) is 9.90 Å². The van der Waals surface area contributed by atoms with E-state index in [0.29, 0.717) is 22.0 Å². The summed E-state index contributed by atoms with van der Waals surface area (Å²) in [6, 6.07) is 12.8. The number of hydrogen-bond donors (Lipinski definition) is 1. The van der Waals surface area contributed by atoms with Gasteiger partial charge < -0.3 is 9.84 Å². The summed E-state index contributed by atoms with van der Waals surface area (Å²) < 4.78 is 9.14. The van der Waals surface area contributed by atoms with Gasteiger partial charge in [-0.3, -0.25) is 9.48 Å². The SMILES string of the molecule is [C-]#[N+]c1ccc2c(c1)[C@@H](n1c(=O)ccn1-c1ccc(Cl)cc1)[C@H](O)C(C)(C)O2. The summed E-state index contributed by atoms with van der Waals surface area (Å²) in [4.78, 5) is 16.3. The van der Waals surface area contributed by atoms with Crippen LogP contribution >= 0.6 is 11.6 Å². The maximum absolute atomic E-state index is 12.8. The monoisotopic (exact) mass is 395 g/mol. The maximum atomic E-state index is 12.8. The first-order chi connectivity index (χ1) is 13.3. The van der Waals surface area contributed by atoms with Gasteiger partial charge in [0.2, 0.25) is 0 Å². The van der Waals surface area contributed by atoms with Crippen LogP contribution in [-0.2, 0) is 0 Å². The van der Waals surface area contributed by atoms with Crippen molar-refractivity contribution in [1.82, 2.24) is 9.36 Å². The van der Waals surface area contributed by atoms with Crippen molar-refractivity contribution >= 4 is 17.3 Å². The van der Waals surface area contributed by atoms with Crippen molar-refractivity contribution < 1.29 is 9.84 Å². The summed E-state index contributed by atoms with van der Waals surface area (Å²) in [6.07, 6.45) is 0.638. The van der Waals surface area contributed by atoms with E-state index >= 15 is 0 Å². The second-order valence-corrected chi connectivity index (χ2v) is 7.69. The number of aromatic nitrogens is 2. The van der Waals surface area contributed by atoms with Crippen molar-refractivity contribution in [3.63, 3.8) is 0 Å². The lowest BCUT2D eigenvalue weighted by molar-refractivity contribution is -0.0674. The summed E-state index contributed by atoms with van der Waals surface area (Å²) in [6.45, 7) is 10.9. The van der Waals surface area contributed by atoms with Crippen molar-refractivity contribution in [3.05, 3.63) is 87.1 Å². The summed E-state index contributed by atoms with van der Waals surface area (Å²) in [5, 5.41) is 11.7. The zero-order valence-electron chi connectivity index (χ0n) is 15.3. The Labute approximate surface area is 167 Å². The van der Waals surface area contributed by atoms with Crippen LogP contribution in [0.3, 0.4) is 0 Å².